The van der Waals surface area contributed by atoms with Gasteiger partial charge in [0.2, 0.25) is 5.91 Å². The van der Waals surface area contributed by atoms with E-state index in [9.17, 15) is 4.79 Å². The first kappa shape index (κ1) is 13.6. The molecule has 1 N–H and O–H groups in total. The van der Waals surface area contributed by atoms with E-state index in [0.717, 1.165) is 38.9 Å². The highest BCUT2D eigenvalue weighted by Crippen LogP contribution is 2.31. The van der Waals surface area contributed by atoms with Crippen molar-refractivity contribution in [1.29, 1.82) is 0 Å². The van der Waals surface area contributed by atoms with Crippen LogP contribution in [-0.4, -0.2) is 25.5 Å². The van der Waals surface area contributed by atoms with E-state index in [0.29, 0.717) is 18.2 Å². The van der Waals surface area contributed by atoms with Crippen molar-refractivity contribution in [1.82, 2.24) is 5.32 Å². The van der Waals surface area contributed by atoms with E-state index in [1.54, 1.807) is 0 Å². The van der Waals surface area contributed by atoms with Crippen molar-refractivity contribution < 1.29 is 4.79 Å². The number of aryl methyl sites for hydroxylation is 2. The molecular formula is C17H24N2O. The molecule has 2 aliphatic heterocycles. The van der Waals surface area contributed by atoms with Gasteiger partial charge in [-0.05, 0) is 62.7 Å². The van der Waals surface area contributed by atoms with Gasteiger partial charge in [-0.25, -0.2) is 0 Å². The van der Waals surface area contributed by atoms with Crippen molar-refractivity contribution in [3.63, 3.8) is 0 Å². The van der Waals surface area contributed by atoms with Crippen molar-refractivity contribution >= 4 is 11.6 Å². The first-order chi connectivity index (χ1) is 9.75. The topological polar surface area (TPSA) is 32.3 Å². The molecule has 1 aromatic rings. The van der Waals surface area contributed by atoms with E-state index < -0.39 is 0 Å². The highest BCUT2D eigenvalue weighted by Gasteiger charge is 2.25. The lowest BCUT2D eigenvalue weighted by molar-refractivity contribution is -0.119. The zero-order chi connectivity index (χ0) is 13.9. The minimum absolute atomic E-state index is 0.312. The Hall–Kier alpha value is -1.35. The highest BCUT2D eigenvalue weighted by atomic mass is 16.2. The first-order valence-corrected chi connectivity index (χ1v) is 7.85. The van der Waals surface area contributed by atoms with Crippen LogP contribution >= 0.6 is 0 Å². The fourth-order valence-corrected chi connectivity index (χ4v) is 3.52. The predicted molar refractivity (Wildman–Crippen MR) is 82.1 cm³/mol. The van der Waals surface area contributed by atoms with Crippen LogP contribution in [0, 0.1) is 12.8 Å². The molecule has 108 valence electrons. The molecule has 3 heteroatoms. The molecule has 0 aromatic heterocycles. The summed E-state index contributed by atoms with van der Waals surface area (Å²) < 4.78 is 0. The van der Waals surface area contributed by atoms with Gasteiger partial charge < -0.3 is 10.2 Å². The van der Waals surface area contributed by atoms with E-state index in [-0.39, 0.29) is 0 Å². The van der Waals surface area contributed by atoms with Gasteiger partial charge in [0.1, 0.15) is 0 Å². The third-order valence-corrected chi connectivity index (χ3v) is 4.65. The zero-order valence-electron chi connectivity index (χ0n) is 12.3. The third kappa shape index (κ3) is 2.73. The van der Waals surface area contributed by atoms with Crippen LogP contribution in [0.1, 0.15) is 36.8 Å². The zero-order valence-corrected chi connectivity index (χ0v) is 12.3. The predicted octanol–water partition coefficient (Wildman–Crippen LogP) is 2.66. The Labute approximate surface area is 121 Å². The summed E-state index contributed by atoms with van der Waals surface area (Å²) in [6.45, 7) is 5.21. The summed E-state index contributed by atoms with van der Waals surface area (Å²) in [5.74, 6) is 1.01. The monoisotopic (exact) mass is 272 g/mol. The van der Waals surface area contributed by atoms with Crippen molar-refractivity contribution in [3.8, 4) is 0 Å². The minimum atomic E-state index is 0.312. The van der Waals surface area contributed by atoms with Crippen LogP contribution < -0.4 is 10.2 Å². The Balaban J connectivity index is 1.69. The lowest BCUT2D eigenvalue weighted by Gasteiger charge is -2.31. The molecule has 0 saturated carbocycles. The standard InChI is InChI=1S/C17H24N2O/c1-13-4-2-5-15-6-3-11-19(17(13)15)16(20)8-7-14-9-10-18-12-14/h2,4-5,14,18H,3,6-12H2,1H3. The SMILES string of the molecule is Cc1cccc2c1N(C(=O)CCC1CCNC1)CCC2. The number of carbonyl (C=O) groups is 1. The number of hydrogen-bond donors (Lipinski definition) is 1. The van der Waals surface area contributed by atoms with Crippen LogP contribution in [0.4, 0.5) is 5.69 Å². The number of carbonyl (C=O) groups excluding carboxylic acids is 1. The van der Waals surface area contributed by atoms with Crippen molar-refractivity contribution in [3.05, 3.63) is 29.3 Å². The molecule has 1 fully saturated rings. The van der Waals surface area contributed by atoms with Gasteiger partial charge in [0.25, 0.3) is 0 Å². The Kier molecular flexibility index (Phi) is 4.06. The Morgan fingerprint density at radius 1 is 1.45 bits per heavy atom. The molecule has 20 heavy (non-hydrogen) atoms. The summed E-state index contributed by atoms with van der Waals surface area (Å²) in [7, 11) is 0. The van der Waals surface area contributed by atoms with Crippen molar-refractivity contribution in [2.45, 2.75) is 39.0 Å². The fraction of sp³-hybridized carbons (Fsp3) is 0.588. The molecule has 1 unspecified atom stereocenters. The Bertz CT molecular complexity index is 492. The average Bonchev–Trinajstić information content (AvgIpc) is 2.98. The van der Waals surface area contributed by atoms with E-state index in [4.69, 9.17) is 0 Å². The van der Waals surface area contributed by atoms with Gasteiger partial charge >= 0.3 is 0 Å². The minimum Gasteiger partial charge on any atom is -0.316 e. The number of rotatable bonds is 3. The molecule has 1 atom stereocenters. The number of hydrogen-bond acceptors (Lipinski definition) is 2. The molecule has 0 bridgehead atoms. The van der Waals surface area contributed by atoms with Crippen LogP contribution in [-0.2, 0) is 11.2 Å². The van der Waals surface area contributed by atoms with Gasteiger partial charge in [-0.15, -0.1) is 0 Å². The number of anilines is 1. The number of nitrogens with one attached hydrogen (secondary N) is 1. The maximum absolute atomic E-state index is 12.6. The Morgan fingerprint density at radius 2 is 2.35 bits per heavy atom. The molecule has 0 spiro atoms. The summed E-state index contributed by atoms with van der Waals surface area (Å²) in [5, 5.41) is 3.38. The average molecular weight is 272 g/mol. The van der Waals surface area contributed by atoms with Gasteiger partial charge in [-0.2, -0.15) is 0 Å². The number of amides is 1. The Morgan fingerprint density at radius 3 is 3.15 bits per heavy atom. The molecule has 3 rings (SSSR count). The van der Waals surface area contributed by atoms with Gasteiger partial charge in [0, 0.05) is 18.7 Å². The molecule has 3 nitrogen and oxygen atoms in total. The number of fused-ring (bicyclic) bond motifs is 1. The van der Waals surface area contributed by atoms with Crippen LogP contribution in [0.15, 0.2) is 18.2 Å². The van der Waals surface area contributed by atoms with E-state index in [2.05, 4.69) is 30.4 Å². The second-order valence-corrected chi connectivity index (χ2v) is 6.13. The van der Waals surface area contributed by atoms with Crippen LogP contribution in [0.5, 0.6) is 0 Å². The quantitative estimate of drug-likeness (QED) is 0.917. The maximum Gasteiger partial charge on any atom is 0.227 e. The molecule has 2 aliphatic rings. The summed E-state index contributed by atoms with van der Waals surface area (Å²) in [5.41, 5.74) is 3.76. The van der Waals surface area contributed by atoms with Crippen LogP contribution in [0.25, 0.3) is 0 Å². The molecule has 1 aromatic carbocycles. The lowest BCUT2D eigenvalue weighted by Crippen LogP contribution is -2.36. The largest absolute Gasteiger partial charge is 0.316 e. The van der Waals surface area contributed by atoms with Gasteiger partial charge in [-0.3, -0.25) is 4.79 Å². The van der Waals surface area contributed by atoms with Gasteiger partial charge in [0.05, 0.1) is 0 Å². The highest BCUT2D eigenvalue weighted by molar-refractivity contribution is 5.95. The molecule has 1 amide bonds. The van der Waals surface area contributed by atoms with E-state index in [1.807, 2.05) is 4.90 Å². The molecule has 0 aliphatic carbocycles. The lowest BCUT2D eigenvalue weighted by atomic mass is 9.97. The van der Waals surface area contributed by atoms with Gasteiger partial charge in [0.15, 0.2) is 0 Å². The third-order valence-electron chi connectivity index (χ3n) is 4.65. The second kappa shape index (κ2) is 5.96. The number of nitrogens with zero attached hydrogens (tertiary/aromatic N) is 1. The summed E-state index contributed by atoms with van der Waals surface area (Å²) in [6, 6.07) is 6.39. The van der Waals surface area contributed by atoms with Crippen molar-refractivity contribution in [2.24, 2.45) is 5.92 Å². The summed E-state index contributed by atoms with van der Waals surface area (Å²) in [6.07, 6.45) is 5.15. The number of benzene rings is 1. The van der Waals surface area contributed by atoms with Gasteiger partial charge in [-0.1, -0.05) is 18.2 Å². The van der Waals surface area contributed by atoms with Crippen LogP contribution in [0.2, 0.25) is 0 Å². The fourth-order valence-electron chi connectivity index (χ4n) is 3.52. The molecule has 0 radical (unpaired) electrons. The second-order valence-electron chi connectivity index (χ2n) is 6.13. The maximum atomic E-state index is 12.6. The number of para-hydroxylation sites is 1. The summed E-state index contributed by atoms with van der Waals surface area (Å²) in [4.78, 5) is 14.6. The molecular weight excluding hydrogens is 248 g/mol. The first-order valence-electron chi connectivity index (χ1n) is 7.85. The van der Waals surface area contributed by atoms with E-state index >= 15 is 0 Å². The van der Waals surface area contributed by atoms with Crippen LogP contribution in [0.3, 0.4) is 0 Å². The van der Waals surface area contributed by atoms with E-state index in [1.165, 1.54) is 23.2 Å². The summed E-state index contributed by atoms with van der Waals surface area (Å²) >= 11 is 0. The molecule has 1 saturated heterocycles. The normalized spacial score (nSPS) is 21.9. The van der Waals surface area contributed by atoms with Crippen molar-refractivity contribution in [2.75, 3.05) is 24.5 Å². The smallest absolute Gasteiger partial charge is 0.227 e. The molecule has 2 heterocycles.